The number of fused-ring (bicyclic) bond motifs is 1. The fraction of sp³-hybridized carbons (Fsp3) is 0.259. The van der Waals surface area contributed by atoms with Crippen LogP contribution >= 0.6 is 0 Å². The summed E-state index contributed by atoms with van der Waals surface area (Å²) in [7, 11) is 1.66. The first kappa shape index (κ1) is 22.1. The Morgan fingerprint density at radius 3 is 2.74 bits per heavy atom. The Hall–Kier alpha value is -3.68. The van der Waals surface area contributed by atoms with Crippen molar-refractivity contribution in [2.75, 3.05) is 39.8 Å². The molecule has 5 rings (SSSR count). The maximum absolute atomic E-state index is 13.4. The first-order chi connectivity index (χ1) is 16.7. The molecule has 0 bridgehead atoms. The summed E-state index contributed by atoms with van der Waals surface area (Å²) >= 11 is 0. The number of hydrogen-bond donors (Lipinski definition) is 3. The Kier molecular flexibility index (Phi) is 6.56. The standard InChI is InChI=1S/C27H29N5O2/c1-34-24-7-3-5-21(16-24)26(18-32-12-10-28-11-13-32)30-27(33)22-6-2-4-19(14-22)20-8-9-25-23(15-20)17-29-31-25/h2-9,14-17,26,28H,10-13,18H2,1H3,(H,29,31)(H,30,33). The largest absolute Gasteiger partial charge is 0.497 e. The molecule has 4 aromatic rings. The lowest BCUT2D eigenvalue weighted by molar-refractivity contribution is 0.0921. The van der Waals surface area contributed by atoms with Gasteiger partial charge in [-0.2, -0.15) is 5.10 Å². The predicted molar refractivity (Wildman–Crippen MR) is 134 cm³/mol. The van der Waals surface area contributed by atoms with Crippen molar-refractivity contribution in [2.45, 2.75) is 6.04 Å². The van der Waals surface area contributed by atoms with E-state index in [1.807, 2.05) is 66.9 Å². The number of hydrogen-bond acceptors (Lipinski definition) is 5. The van der Waals surface area contributed by atoms with Crippen LogP contribution in [-0.2, 0) is 0 Å². The Bertz CT molecular complexity index is 1280. The van der Waals surface area contributed by atoms with Gasteiger partial charge < -0.3 is 15.4 Å². The minimum Gasteiger partial charge on any atom is -0.497 e. The van der Waals surface area contributed by atoms with Crippen LogP contribution in [0.1, 0.15) is 22.0 Å². The van der Waals surface area contributed by atoms with Crippen molar-refractivity contribution in [3.63, 3.8) is 0 Å². The van der Waals surface area contributed by atoms with E-state index >= 15 is 0 Å². The van der Waals surface area contributed by atoms with Crippen molar-refractivity contribution >= 4 is 16.8 Å². The number of ether oxygens (including phenoxy) is 1. The molecule has 1 aromatic heterocycles. The number of H-pyrrole nitrogens is 1. The molecule has 7 heteroatoms. The molecule has 0 saturated carbocycles. The molecule has 1 unspecified atom stereocenters. The van der Waals surface area contributed by atoms with Crippen molar-refractivity contribution in [3.8, 4) is 16.9 Å². The summed E-state index contributed by atoms with van der Waals surface area (Å²) in [5.41, 5.74) is 4.71. The molecule has 2 heterocycles. The molecule has 174 valence electrons. The van der Waals surface area contributed by atoms with Crippen LogP contribution in [0.2, 0.25) is 0 Å². The number of carbonyl (C=O) groups is 1. The minimum absolute atomic E-state index is 0.0887. The summed E-state index contributed by atoms with van der Waals surface area (Å²) in [6.07, 6.45) is 1.81. The zero-order valence-corrected chi connectivity index (χ0v) is 19.3. The fourth-order valence-corrected chi connectivity index (χ4v) is 4.45. The highest BCUT2D eigenvalue weighted by Crippen LogP contribution is 2.25. The zero-order chi connectivity index (χ0) is 23.3. The highest BCUT2D eigenvalue weighted by Gasteiger charge is 2.21. The third-order valence-corrected chi connectivity index (χ3v) is 6.35. The second-order valence-electron chi connectivity index (χ2n) is 8.61. The lowest BCUT2D eigenvalue weighted by Gasteiger charge is -2.31. The second-order valence-corrected chi connectivity index (χ2v) is 8.61. The van der Waals surface area contributed by atoms with Crippen LogP contribution in [0, 0.1) is 0 Å². The van der Waals surface area contributed by atoms with E-state index in [0.29, 0.717) is 5.56 Å². The van der Waals surface area contributed by atoms with E-state index in [-0.39, 0.29) is 11.9 Å². The van der Waals surface area contributed by atoms with Gasteiger partial charge in [-0.25, -0.2) is 0 Å². The van der Waals surface area contributed by atoms with Gasteiger partial charge in [0.25, 0.3) is 5.91 Å². The van der Waals surface area contributed by atoms with Gasteiger partial charge in [-0.1, -0.05) is 30.3 Å². The van der Waals surface area contributed by atoms with Crippen LogP contribution in [-0.4, -0.2) is 60.8 Å². The molecule has 1 aliphatic heterocycles. The van der Waals surface area contributed by atoms with E-state index < -0.39 is 0 Å². The second kappa shape index (κ2) is 10.1. The monoisotopic (exact) mass is 455 g/mol. The first-order valence-electron chi connectivity index (χ1n) is 11.6. The van der Waals surface area contributed by atoms with Gasteiger partial charge in [-0.05, 0) is 53.1 Å². The first-order valence-corrected chi connectivity index (χ1v) is 11.6. The van der Waals surface area contributed by atoms with Crippen LogP contribution in [0.4, 0.5) is 0 Å². The van der Waals surface area contributed by atoms with E-state index in [2.05, 4.69) is 31.8 Å². The van der Waals surface area contributed by atoms with Gasteiger partial charge in [0, 0.05) is 43.7 Å². The van der Waals surface area contributed by atoms with E-state index in [9.17, 15) is 4.79 Å². The fourth-order valence-electron chi connectivity index (χ4n) is 4.45. The van der Waals surface area contributed by atoms with Gasteiger partial charge in [-0.3, -0.25) is 14.8 Å². The summed E-state index contributed by atoms with van der Waals surface area (Å²) in [4.78, 5) is 15.8. The maximum atomic E-state index is 13.4. The summed E-state index contributed by atoms with van der Waals surface area (Å²) in [6.45, 7) is 4.59. The molecule has 1 fully saturated rings. The molecule has 3 N–H and O–H groups in total. The summed E-state index contributed by atoms with van der Waals surface area (Å²) in [5.74, 6) is 0.697. The molecular weight excluding hydrogens is 426 g/mol. The zero-order valence-electron chi connectivity index (χ0n) is 19.3. The molecule has 1 saturated heterocycles. The Labute approximate surface area is 199 Å². The predicted octanol–water partition coefficient (Wildman–Crippen LogP) is 3.61. The molecular formula is C27H29N5O2. The van der Waals surface area contributed by atoms with Gasteiger partial charge in [0.15, 0.2) is 0 Å². The average Bonchev–Trinajstić information content (AvgIpc) is 3.37. The molecule has 0 spiro atoms. The molecule has 0 radical (unpaired) electrons. The van der Waals surface area contributed by atoms with Gasteiger partial charge in [0.2, 0.25) is 0 Å². The Morgan fingerprint density at radius 1 is 1.06 bits per heavy atom. The third-order valence-electron chi connectivity index (χ3n) is 6.35. The van der Waals surface area contributed by atoms with Crippen molar-refractivity contribution in [3.05, 3.63) is 84.1 Å². The molecule has 1 atom stereocenters. The number of aromatic amines is 1. The van der Waals surface area contributed by atoms with E-state index in [4.69, 9.17) is 4.74 Å². The average molecular weight is 456 g/mol. The number of nitrogens with one attached hydrogen (secondary N) is 3. The van der Waals surface area contributed by atoms with E-state index in [1.54, 1.807) is 7.11 Å². The summed E-state index contributed by atoms with van der Waals surface area (Å²) < 4.78 is 5.43. The number of amides is 1. The van der Waals surface area contributed by atoms with E-state index in [1.165, 1.54) is 0 Å². The van der Waals surface area contributed by atoms with Crippen molar-refractivity contribution in [2.24, 2.45) is 0 Å². The number of methoxy groups -OCH3 is 1. The molecule has 1 aliphatic rings. The lowest BCUT2D eigenvalue weighted by Crippen LogP contribution is -2.47. The number of rotatable bonds is 7. The van der Waals surface area contributed by atoms with Crippen molar-refractivity contribution in [1.29, 1.82) is 0 Å². The summed E-state index contributed by atoms with van der Waals surface area (Å²) in [5, 5.41) is 14.8. The van der Waals surface area contributed by atoms with Gasteiger partial charge in [0.1, 0.15) is 5.75 Å². The van der Waals surface area contributed by atoms with Crippen LogP contribution < -0.4 is 15.4 Å². The lowest BCUT2D eigenvalue weighted by atomic mass is 10.0. The number of piperazine rings is 1. The van der Waals surface area contributed by atoms with Crippen molar-refractivity contribution < 1.29 is 9.53 Å². The number of benzene rings is 3. The molecule has 34 heavy (non-hydrogen) atoms. The number of nitrogens with zero attached hydrogens (tertiary/aromatic N) is 2. The number of aromatic nitrogens is 2. The number of carbonyl (C=O) groups excluding carboxylic acids is 1. The highest BCUT2D eigenvalue weighted by molar-refractivity contribution is 5.96. The van der Waals surface area contributed by atoms with E-state index in [0.717, 1.165) is 66.1 Å². The van der Waals surface area contributed by atoms with Gasteiger partial charge in [-0.15, -0.1) is 0 Å². The normalized spacial score (nSPS) is 15.2. The van der Waals surface area contributed by atoms with Crippen LogP contribution in [0.5, 0.6) is 5.75 Å². The summed E-state index contributed by atoms with van der Waals surface area (Å²) in [6, 6.07) is 21.7. The Balaban J connectivity index is 1.39. The van der Waals surface area contributed by atoms with Crippen LogP contribution in [0.25, 0.3) is 22.0 Å². The molecule has 7 nitrogen and oxygen atoms in total. The van der Waals surface area contributed by atoms with Crippen LogP contribution in [0.15, 0.2) is 72.9 Å². The molecule has 3 aromatic carbocycles. The van der Waals surface area contributed by atoms with Gasteiger partial charge in [0.05, 0.1) is 24.9 Å². The Morgan fingerprint density at radius 2 is 1.88 bits per heavy atom. The maximum Gasteiger partial charge on any atom is 0.251 e. The molecule has 1 amide bonds. The smallest absolute Gasteiger partial charge is 0.251 e. The topological polar surface area (TPSA) is 82.3 Å². The SMILES string of the molecule is COc1cccc(C(CN2CCNCC2)NC(=O)c2cccc(-c3ccc4[nH]ncc4c3)c2)c1. The van der Waals surface area contributed by atoms with Crippen LogP contribution in [0.3, 0.4) is 0 Å². The minimum atomic E-state index is -0.147. The van der Waals surface area contributed by atoms with Gasteiger partial charge >= 0.3 is 0 Å². The highest BCUT2D eigenvalue weighted by atomic mass is 16.5. The van der Waals surface area contributed by atoms with Crippen molar-refractivity contribution in [1.82, 2.24) is 25.7 Å². The quantitative estimate of drug-likeness (QED) is 0.397. The third kappa shape index (κ3) is 4.95. The molecule has 0 aliphatic carbocycles.